The van der Waals surface area contributed by atoms with Crippen LogP contribution in [0.25, 0.3) is 0 Å². The van der Waals surface area contributed by atoms with Crippen LogP contribution in [0.4, 0.5) is 0 Å². The van der Waals surface area contributed by atoms with E-state index in [1.54, 1.807) is 6.20 Å². The van der Waals surface area contributed by atoms with Crippen molar-refractivity contribution in [2.75, 3.05) is 13.2 Å². The molecule has 0 aliphatic carbocycles. The summed E-state index contributed by atoms with van der Waals surface area (Å²) in [5.41, 5.74) is 5.95. The number of amides is 1. The Bertz CT molecular complexity index is 275. The first-order chi connectivity index (χ1) is 6.79. The van der Waals surface area contributed by atoms with Crippen LogP contribution in [0.2, 0.25) is 0 Å². The number of nitrogens with zero attached hydrogens (tertiary/aromatic N) is 1. The van der Waals surface area contributed by atoms with E-state index in [0.29, 0.717) is 13.2 Å². The van der Waals surface area contributed by atoms with E-state index in [0.717, 1.165) is 12.1 Å². The number of hydrogen-bond acceptors (Lipinski definition) is 3. The van der Waals surface area contributed by atoms with E-state index in [2.05, 4.69) is 4.98 Å². The summed E-state index contributed by atoms with van der Waals surface area (Å²) in [6, 6.07) is 5.75. The molecule has 14 heavy (non-hydrogen) atoms. The molecule has 0 aliphatic rings. The molecule has 0 unspecified atom stereocenters. The summed E-state index contributed by atoms with van der Waals surface area (Å²) in [7, 11) is 0. The molecule has 2 N–H and O–H groups in total. The topological polar surface area (TPSA) is 65.2 Å². The van der Waals surface area contributed by atoms with Crippen molar-refractivity contribution in [3.63, 3.8) is 0 Å². The number of carbonyl (C=O) groups is 1. The second-order valence-corrected chi connectivity index (χ2v) is 2.90. The summed E-state index contributed by atoms with van der Waals surface area (Å²) in [5.74, 6) is -0.331. The van der Waals surface area contributed by atoms with Crippen LogP contribution >= 0.6 is 0 Å². The second kappa shape index (κ2) is 6.10. The average Bonchev–Trinajstić information content (AvgIpc) is 2.18. The van der Waals surface area contributed by atoms with Gasteiger partial charge in [0.05, 0.1) is 13.2 Å². The number of ether oxygens (including phenoxy) is 1. The summed E-state index contributed by atoms with van der Waals surface area (Å²) in [6.07, 6.45) is 2.79. The zero-order chi connectivity index (χ0) is 10.2. The molecule has 1 amide bonds. The van der Waals surface area contributed by atoms with Crippen molar-refractivity contribution in [1.29, 1.82) is 0 Å². The van der Waals surface area contributed by atoms with Crippen LogP contribution in [0, 0.1) is 0 Å². The molecular weight excluding hydrogens is 180 g/mol. The largest absolute Gasteiger partial charge is 0.381 e. The van der Waals surface area contributed by atoms with Crippen molar-refractivity contribution >= 4 is 5.91 Å². The van der Waals surface area contributed by atoms with Gasteiger partial charge in [-0.15, -0.1) is 0 Å². The fraction of sp³-hybridized carbons (Fsp3) is 0.400. The van der Waals surface area contributed by atoms with Gasteiger partial charge in [-0.2, -0.15) is 0 Å². The lowest BCUT2D eigenvalue weighted by Gasteiger charge is -2.01. The number of pyridine rings is 1. The van der Waals surface area contributed by atoms with E-state index in [1.165, 1.54) is 0 Å². The first-order valence-electron chi connectivity index (χ1n) is 4.55. The Labute approximate surface area is 83.1 Å². The molecule has 76 valence electrons. The Morgan fingerprint density at radius 1 is 1.43 bits per heavy atom. The molecule has 0 saturated heterocycles. The Hall–Kier alpha value is -1.42. The lowest BCUT2D eigenvalue weighted by molar-refractivity contribution is -0.119. The van der Waals surface area contributed by atoms with Gasteiger partial charge in [0.15, 0.2) is 0 Å². The number of hydrogen-bond donors (Lipinski definition) is 1. The molecule has 0 aromatic carbocycles. The molecule has 0 radical (unpaired) electrons. The number of primary amides is 1. The summed E-state index contributed by atoms with van der Waals surface area (Å²) in [5, 5.41) is 0. The highest BCUT2D eigenvalue weighted by atomic mass is 16.5. The van der Waals surface area contributed by atoms with Gasteiger partial charge in [0.25, 0.3) is 0 Å². The molecule has 0 saturated carbocycles. The maximum absolute atomic E-state index is 10.4. The zero-order valence-corrected chi connectivity index (χ0v) is 7.98. The van der Waals surface area contributed by atoms with Crippen molar-refractivity contribution in [1.82, 2.24) is 4.98 Å². The van der Waals surface area contributed by atoms with Gasteiger partial charge >= 0.3 is 0 Å². The van der Waals surface area contributed by atoms with Gasteiger partial charge in [-0.3, -0.25) is 9.78 Å². The quantitative estimate of drug-likeness (QED) is 0.671. The summed E-state index contributed by atoms with van der Waals surface area (Å²) >= 11 is 0. The third kappa shape index (κ3) is 4.57. The highest BCUT2D eigenvalue weighted by molar-refractivity contribution is 5.73. The van der Waals surface area contributed by atoms with Gasteiger partial charge < -0.3 is 10.5 Å². The van der Waals surface area contributed by atoms with Crippen molar-refractivity contribution in [2.24, 2.45) is 5.73 Å². The van der Waals surface area contributed by atoms with E-state index in [1.807, 2.05) is 18.2 Å². The van der Waals surface area contributed by atoms with Crippen LogP contribution in [0.15, 0.2) is 24.4 Å². The first kappa shape index (κ1) is 10.7. The Kier molecular flexibility index (Phi) is 4.64. The number of aromatic nitrogens is 1. The maximum atomic E-state index is 10.4. The molecule has 1 heterocycles. The highest BCUT2D eigenvalue weighted by Crippen LogP contribution is 1.95. The number of nitrogens with two attached hydrogens (primary N) is 1. The minimum atomic E-state index is -0.331. The molecule has 0 spiro atoms. The lowest BCUT2D eigenvalue weighted by atomic mass is 10.3. The summed E-state index contributed by atoms with van der Waals surface area (Å²) in [6.45, 7) is 0.965. The van der Waals surface area contributed by atoms with Gasteiger partial charge in [0, 0.05) is 24.7 Å². The third-order valence-electron chi connectivity index (χ3n) is 1.72. The minimum absolute atomic E-state index is 0.280. The SMILES string of the molecule is NC(=O)CCOCCc1ccccn1. The van der Waals surface area contributed by atoms with Crippen molar-refractivity contribution in [3.05, 3.63) is 30.1 Å². The van der Waals surface area contributed by atoms with E-state index in [4.69, 9.17) is 10.5 Å². The van der Waals surface area contributed by atoms with Gasteiger partial charge in [-0.05, 0) is 12.1 Å². The second-order valence-electron chi connectivity index (χ2n) is 2.90. The van der Waals surface area contributed by atoms with Crippen LogP contribution in [-0.4, -0.2) is 24.1 Å². The maximum Gasteiger partial charge on any atom is 0.219 e. The van der Waals surface area contributed by atoms with Crippen LogP contribution in [0.3, 0.4) is 0 Å². The van der Waals surface area contributed by atoms with Crippen molar-refractivity contribution in [2.45, 2.75) is 12.8 Å². The first-order valence-corrected chi connectivity index (χ1v) is 4.55. The number of rotatable bonds is 6. The van der Waals surface area contributed by atoms with Gasteiger partial charge in [-0.25, -0.2) is 0 Å². The highest BCUT2D eigenvalue weighted by Gasteiger charge is 1.95. The van der Waals surface area contributed by atoms with E-state index in [9.17, 15) is 4.79 Å². The fourth-order valence-electron chi connectivity index (χ4n) is 0.998. The molecule has 1 rings (SSSR count). The van der Waals surface area contributed by atoms with Gasteiger partial charge in [-0.1, -0.05) is 6.07 Å². The number of carbonyl (C=O) groups excluding carboxylic acids is 1. The fourth-order valence-corrected chi connectivity index (χ4v) is 0.998. The molecule has 1 aromatic rings. The van der Waals surface area contributed by atoms with E-state index >= 15 is 0 Å². The Morgan fingerprint density at radius 3 is 2.93 bits per heavy atom. The zero-order valence-electron chi connectivity index (χ0n) is 7.98. The van der Waals surface area contributed by atoms with Crippen molar-refractivity contribution in [3.8, 4) is 0 Å². The predicted octanol–water partition coefficient (Wildman–Crippen LogP) is 0.516. The molecule has 1 aromatic heterocycles. The normalized spacial score (nSPS) is 10.0. The standard InChI is InChI=1S/C10H14N2O2/c11-10(13)5-8-14-7-4-9-3-1-2-6-12-9/h1-3,6H,4-5,7-8H2,(H2,11,13). The third-order valence-corrected chi connectivity index (χ3v) is 1.72. The minimum Gasteiger partial charge on any atom is -0.381 e. The van der Waals surface area contributed by atoms with Crippen LogP contribution in [0.1, 0.15) is 12.1 Å². The summed E-state index contributed by atoms with van der Waals surface area (Å²) in [4.78, 5) is 14.5. The molecule has 0 bridgehead atoms. The van der Waals surface area contributed by atoms with Gasteiger partial charge in [0.1, 0.15) is 0 Å². The van der Waals surface area contributed by atoms with Crippen LogP contribution in [0.5, 0.6) is 0 Å². The molecule has 0 fully saturated rings. The van der Waals surface area contributed by atoms with Crippen LogP contribution in [-0.2, 0) is 16.0 Å². The van der Waals surface area contributed by atoms with Gasteiger partial charge in [0.2, 0.25) is 5.91 Å². The van der Waals surface area contributed by atoms with E-state index in [-0.39, 0.29) is 12.3 Å². The monoisotopic (exact) mass is 194 g/mol. The predicted molar refractivity (Wildman–Crippen MR) is 52.6 cm³/mol. The molecule has 4 heteroatoms. The molecule has 4 nitrogen and oxygen atoms in total. The molecule has 0 aliphatic heterocycles. The van der Waals surface area contributed by atoms with Crippen LogP contribution < -0.4 is 5.73 Å². The Balaban J connectivity index is 2.08. The van der Waals surface area contributed by atoms with Crippen molar-refractivity contribution < 1.29 is 9.53 Å². The average molecular weight is 194 g/mol. The summed E-state index contributed by atoms with van der Waals surface area (Å²) < 4.78 is 5.21. The lowest BCUT2D eigenvalue weighted by Crippen LogP contribution is -2.14. The molecule has 0 atom stereocenters. The van der Waals surface area contributed by atoms with E-state index < -0.39 is 0 Å². The Morgan fingerprint density at radius 2 is 2.29 bits per heavy atom. The molecular formula is C10H14N2O2. The smallest absolute Gasteiger partial charge is 0.219 e.